The van der Waals surface area contributed by atoms with Gasteiger partial charge >= 0.3 is 0 Å². The maximum Gasteiger partial charge on any atom is 0.126 e. The molecule has 14 heavy (non-hydrogen) atoms. The summed E-state index contributed by atoms with van der Waals surface area (Å²) in [5.41, 5.74) is 7.03. The zero-order chi connectivity index (χ0) is 10.6. The third kappa shape index (κ3) is 2.74. The molecule has 0 amide bonds. The molecule has 0 unspecified atom stereocenters. The van der Waals surface area contributed by atoms with Crippen molar-refractivity contribution in [2.45, 2.75) is 27.2 Å². The lowest BCUT2D eigenvalue weighted by molar-refractivity contribution is 0.417. The topological polar surface area (TPSA) is 39.2 Å². The summed E-state index contributed by atoms with van der Waals surface area (Å²) in [6.45, 7) is 7.25. The molecule has 0 fully saturated rings. The van der Waals surface area contributed by atoms with Crippen LogP contribution in [0.5, 0.6) is 0 Å². The van der Waals surface area contributed by atoms with E-state index in [1.54, 1.807) is 6.26 Å². The minimum Gasteiger partial charge on any atom is -0.465 e. The summed E-state index contributed by atoms with van der Waals surface area (Å²) in [6.07, 6.45) is 4.76. The fourth-order valence-corrected chi connectivity index (χ4v) is 1.34. The zero-order valence-electron chi connectivity index (χ0n) is 9.21. The van der Waals surface area contributed by atoms with Crippen LogP contribution in [0.1, 0.15) is 33.0 Å². The van der Waals surface area contributed by atoms with Gasteiger partial charge in [0.1, 0.15) is 5.76 Å². The summed E-state index contributed by atoms with van der Waals surface area (Å²) >= 11 is 0. The predicted octanol–water partition coefficient (Wildman–Crippen LogP) is 3.06. The van der Waals surface area contributed by atoms with Crippen molar-refractivity contribution < 1.29 is 4.42 Å². The Labute approximate surface area is 85.8 Å². The van der Waals surface area contributed by atoms with Gasteiger partial charge in [-0.3, -0.25) is 0 Å². The summed E-state index contributed by atoms with van der Waals surface area (Å²) in [5, 5.41) is 0. The van der Waals surface area contributed by atoms with Crippen LogP contribution in [0.4, 0.5) is 0 Å². The van der Waals surface area contributed by atoms with Crippen molar-refractivity contribution in [2.75, 3.05) is 6.54 Å². The SMILES string of the molecule is C/C(=C\c1ccco1)C(C)(C)CCN. The van der Waals surface area contributed by atoms with Gasteiger partial charge in [-0.1, -0.05) is 19.4 Å². The van der Waals surface area contributed by atoms with Gasteiger partial charge in [0.15, 0.2) is 0 Å². The first-order valence-electron chi connectivity index (χ1n) is 4.98. The predicted molar refractivity (Wildman–Crippen MR) is 59.8 cm³/mol. The van der Waals surface area contributed by atoms with Crippen molar-refractivity contribution >= 4 is 6.08 Å². The van der Waals surface area contributed by atoms with Gasteiger partial charge in [-0.15, -0.1) is 0 Å². The molecular weight excluding hydrogens is 174 g/mol. The summed E-state index contributed by atoms with van der Waals surface area (Å²) < 4.78 is 5.27. The number of hydrogen-bond acceptors (Lipinski definition) is 2. The van der Waals surface area contributed by atoms with Gasteiger partial charge in [-0.05, 0) is 43.5 Å². The first-order chi connectivity index (χ1) is 6.56. The largest absolute Gasteiger partial charge is 0.465 e. The lowest BCUT2D eigenvalue weighted by atomic mass is 9.81. The van der Waals surface area contributed by atoms with Gasteiger partial charge in [0.2, 0.25) is 0 Å². The van der Waals surface area contributed by atoms with Crippen LogP contribution < -0.4 is 5.73 Å². The maximum atomic E-state index is 5.58. The molecule has 1 heterocycles. The van der Waals surface area contributed by atoms with Crippen LogP contribution in [0.3, 0.4) is 0 Å². The van der Waals surface area contributed by atoms with Crippen LogP contribution in [0.15, 0.2) is 28.4 Å². The van der Waals surface area contributed by atoms with Gasteiger partial charge in [0.25, 0.3) is 0 Å². The molecule has 0 radical (unpaired) electrons. The van der Waals surface area contributed by atoms with Crippen molar-refractivity contribution in [1.82, 2.24) is 0 Å². The second kappa shape index (κ2) is 4.47. The molecule has 0 bridgehead atoms. The molecule has 0 spiro atoms. The fraction of sp³-hybridized carbons (Fsp3) is 0.500. The van der Waals surface area contributed by atoms with E-state index in [9.17, 15) is 0 Å². The lowest BCUT2D eigenvalue weighted by Crippen LogP contribution is -2.18. The number of hydrogen-bond donors (Lipinski definition) is 1. The molecule has 2 N–H and O–H groups in total. The van der Waals surface area contributed by atoms with E-state index in [4.69, 9.17) is 10.2 Å². The molecule has 0 aliphatic carbocycles. The van der Waals surface area contributed by atoms with Gasteiger partial charge < -0.3 is 10.2 Å². The molecule has 0 aliphatic heterocycles. The Balaban J connectivity index is 2.78. The van der Waals surface area contributed by atoms with Gasteiger partial charge in [-0.25, -0.2) is 0 Å². The number of furan rings is 1. The molecule has 0 atom stereocenters. The van der Waals surface area contributed by atoms with Crippen LogP contribution in [0.25, 0.3) is 6.08 Å². The fourth-order valence-electron chi connectivity index (χ4n) is 1.34. The molecule has 0 aromatic carbocycles. The molecule has 2 nitrogen and oxygen atoms in total. The Morgan fingerprint density at radius 1 is 1.57 bits per heavy atom. The second-order valence-corrected chi connectivity index (χ2v) is 4.27. The third-order valence-electron chi connectivity index (χ3n) is 2.74. The molecule has 0 saturated carbocycles. The average molecular weight is 193 g/mol. The summed E-state index contributed by atoms with van der Waals surface area (Å²) in [6, 6.07) is 3.86. The van der Waals surface area contributed by atoms with E-state index in [-0.39, 0.29) is 5.41 Å². The van der Waals surface area contributed by atoms with Crippen LogP contribution in [0, 0.1) is 5.41 Å². The van der Waals surface area contributed by atoms with Crippen molar-refractivity contribution in [3.05, 3.63) is 29.7 Å². The third-order valence-corrected chi connectivity index (χ3v) is 2.74. The van der Waals surface area contributed by atoms with Crippen molar-refractivity contribution in [3.63, 3.8) is 0 Å². The van der Waals surface area contributed by atoms with Crippen LogP contribution in [-0.4, -0.2) is 6.54 Å². The quantitative estimate of drug-likeness (QED) is 0.798. The van der Waals surface area contributed by atoms with Crippen molar-refractivity contribution in [2.24, 2.45) is 11.1 Å². The van der Waals surface area contributed by atoms with Crippen LogP contribution in [-0.2, 0) is 0 Å². The first kappa shape index (κ1) is 11.1. The molecule has 0 saturated heterocycles. The standard InChI is InChI=1S/C12H19NO/c1-10(12(2,3)6-7-13)9-11-5-4-8-14-11/h4-5,8-9H,6-7,13H2,1-3H3/b10-9+. The van der Waals surface area contributed by atoms with E-state index >= 15 is 0 Å². The Bertz CT molecular complexity index is 296. The minimum atomic E-state index is 0.154. The lowest BCUT2D eigenvalue weighted by Gasteiger charge is -2.24. The van der Waals surface area contributed by atoms with Gasteiger partial charge in [0.05, 0.1) is 6.26 Å². The van der Waals surface area contributed by atoms with Gasteiger partial charge in [-0.2, -0.15) is 0 Å². The summed E-state index contributed by atoms with van der Waals surface area (Å²) in [7, 11) is 0. The Kier molecular flexibility index (Phi) is 3.53. The van der Waals surface area contributed by atoms with E-state index < -0.39 is 0 Å². The highest BCUT2D eigenvalue weighted by atomic mass is 16.3. The highest BCUT2D eigenvalue weighted by molar-refractivity contribution is 5.48. The first-order valence-corrected chi connectivity index (χ1v) is 4.98. The van der Waals surface area contributed by atoms with Gasteiger partial charge in [0, 0.05) is 0 Å². The number of nitrogens with two attached hydrogens (primary N) is 1. The molecule has 1 aromatic rings. The summed E-state index contributed by atoms with van der Waals surface area (Å²) in [5.74, 6) is 0.910. The summed E-state index contributed by atoms with van der Waals surface area (Å²) in [4.78, 5) is 0. The molecular formula is C12H19NO. The average Bonchev–Trinajstić information content (AvgIpc) is 2.56. The maximum absolute atomic E-state index is 5.58. The normalized spacial score (nSPS) is 13.3. The highest BCUT2D eigenvalue weighted by Gasteiger charge is 2.18. The Morgan fingerprint density at radius 3 is 2.79 bits per heavy atom. The Morgan fingerprint density at radius 2 is 2.29 bits per heavy atom. The van der Waals surface area contributed by atoms with Crippen LogP contribution in [0.2, 0.25) is 0 Å². The molecule has 2 heteroatoms. The van der Waals surface area contributed by atoms with Crippen molar-refractivity contribution in [3.8, 4) is 0 Å². The molecule has 0 aliphatic rings. The minimum absolute atomic E-state index is 0.154. The van der Waals surface area contributed by atoms with E-state index in [0.717, 1.165) is 18.7 Å². The smallest absolute Gasteiger partial charge is 0.126 e. The molecule has 1 rings (SSSR count). The zero-order valence-corrected chi connectivity index (χ0v) is 9.21. The monoisotopic (exact) mass is 193 g/mol. The van der Waals surface area contributed by atoms with Crippen LogP contribution >= 0.6 is 0 Å². The van der Waals surface area contributed by atoms with E-state index in [0.29, 0.717) is 0 Å². The molecule has 78 valence electrons. The van der Waals surface area contributed by atoms with E-state index in [2.05, 4.69) is 26.8 Å². The molecule has 1 aromatic heterocycles. The van der Waals surface area contributed by atoms with E-state index in [1.165, 1.54) is 5.57 Å². The van der Waals surface area contributed by atoms with Crippen molar-refractivity contribution in [1.29, 1.82) is 0 Å². The number of rotatable bonds is 4. The van der Waals surface area contributed by atoms with E-state index in [1.807, 2.05) is 12.1 Å². The number of allylic oxidation sites excluding steroid dienone is 1. The highest BCUT2D eigenvalue weighted by Crippen LogP contribution is 2.30. The second-order valence-electron chi connectivity index (χ2n) is 4.27. The Hall–Kier alpha value is -1.02.